The highest BCUT2D eigenvalue weighted by Gasteiger charge is 2.27. The molecule has 31 heavy (non-hydrogen) atoms. The molecule has 0 fully saturated rings. The summed E-state index contributed by atoms with van der Waals surface area (Å²) in [6.45, 7) is 2.06. The van der Waals surface area contributed by atoms with Gasteiger partial charge in [0.15, 0.2) is 0 Å². The molecular weight excluding hydrogens is 436 g/mol. The number of nitrogens with zero attached hydrogens (tertiary/aromatic N) is 1. The highest BCUT2D eigenvalue weighted by atomic mass is 35.5. The largest absolute Gasteiger partial charge is 0.492 e. The molecule has 1 amide bonds. The van der Waals surface area contributed by atoms with Crippen molar-refractivity contribution in [3.63, 3.8) is 0 Å². The fourth-order valence-corrected chi connectivity index (χ4v) is 4.37. The Bertz CT molecular complexity index is 1100. The first-order valence-electron chi connectivity index (χ1n) is 9.66. The van der Waals surface area contributed by atoms with Gasteiger partial charge in [0, 0.05) is 5.02 Å². The average molecular weight is 459 g/mol. The maximum atomic E-state index is 13.3. The van der Waals surface area contributed by atoms with E-state index in [0.29, 0.717) is 16.5 Å². The highest BCUT2D eigenvalue weighted by molar-refractivity contribution is 7.92. The molecule has 162 valence electrons. The van der Waals surface area contributed by atoms with Gasteiger partial charge in [-0.1, -0.05) is 47.5 Å². The molecule has 0 aliphatic heterocycles. The van der Waals surface area contributed by atoms with Gasteiger partial charge in [-0.05, 0) is 55.5 Å². The number of rotatable bonds is 9. The molecule has 3 rings (SSSR count). The molecule has 0 aliphatic rings. The van der Waals surface area contributed by atoms with E-state index in [2.05, 4.69) is 5.32 Å². The maximum Gasteiger partial charge on any atom is 0.264 e. The van der Waals surface area contributed by atoms with E-state index in [4.69, 9.17) is 16.3 Å². The van der Waals surface area contributed by atoms with Crippen LogP contribution in [0, 0.1) is 6.92 Å². The first kappa shape index (κ1) is 22.7. The van der Waals surface area contributed by atoms with Crippen molar-refractivity contribution in [3.8, 4) is 5.75 Å². The number of aryl methyl sites for hydroxylation is 1. The number of para-hydroxylation sites is 1. The standard InChI is InChI=1S/C23H23ClN2O4S/c1-18-7-11-20(12-8-18)26(31(28,29)22-13-9-19(24)10-14-22)17-23(27)25-15-16-30-21-5-3-2-4-6-21/h2-14H,15-17H2,1H3,(H,25,27). The number of halogens is 1. The first-order valence-corrected chi connectivity index (χ1v) is 11.5. The molecule has 3 aromatic rings. The molecule has 0 heterocycles. The quantitative estimate of drug-likeness (QED) is 0.491. The van der Waals surface area contributed by atoms with Crippen LogP contribution in [0.25, 0.3) is 0 Å². The second-order valence-corrected chi connectivity index (χ2v) is 9.11. The van der Waals surface area contributed by atoms with E-state index in [9.17, 15) is 13.2 Å². The molecule has 0 saturated heterocycles. The lowest BCUT2D eigenvalue weighted by Crippen LogP contribution is -2.41. The van der Waals surface area contributed by atoms with Crippen LogP contribution in [0.4, 0.5) is 5.69 Å². The Morgan fingerprint density at radius 1 is 0.968 bits per heavy atom. The molecular formula is C23H23ClN2O4S. The number of benzene rings is 3. The molecule has 3 aromatic carbocycles. The third-order valence-corrected chi connectivity index (χ3v) is 6.49. The van der Waals surface area contributed by atoms with E-state index in [-0.39, 0.29) is 24.6 Å². The van der Waals surface area contributed by atoms with Crippen LogP contribution < -0.4 is 14.4 Å². The fourth-order valence-electron chi connectivity index (χ4n) is 2.82. The molecule has 0 atom stereocenters. The summed E-state index contributed by atoms with van der Waals surface area (Å²) < 4.78 is 33.1. The Kier molecular flexibility index (Phi) is 7.55. The minimum Gasteiger partial charge on any atom is -0.492 e. The molecule has 0 bridgehead atoms. The Morgan fingerprint density at radius 3 is 2.26 bits per heavy atom. The van der Waals surface area contributed by atoms with Crippen LogP contribution in [0.3, 0.4) is 0 Å². The fraction of sp³-hybridized carbons (Fsp3) is 0.174. The molecule has 0 radical (unpaired) electrons. The number of hydrogen-bond donors (Lipinski definition) is 1. The smallest absolute Gasteiger partial charge is 0.264 e. The number of carbonyl (C=O) groups excluding carboxylic acids is 1. The average Bonchev–Trinajstić information content (AvgIpc) is 2.77. The van der Waals surface area contributed by atoms with Crippen LogP contribution in [-0.4, -0.2) is 34.0 Å². The number of sulfonamides is 1. The van der Waals surface area contributed by atoms with Crippen LogP contribution in [0.15, 0.2) is 83.8 Å². The minimum atomic E-state index is -3.97. The van der Waals surface area contributed by atoms with Crippen LogP contribution in [0.5, 0.6) is 5.75 Å². The summed E-state index contributed by atoms with van der Waals surface area (Å²) in [7, 11) is -3.97. The molecule has 0 spiro atoms. The van der Waals surface area contributed by atoms with Crippen molar-refractivity contribution in [2.24, 2.45) is 0 Å². The van der Waals surface area contributed by atoms with Crippen molar-refractivity contribution in [1.82, 2.24) is 5.32 Å². The number of amides is 1. The van der Waals surface area contributed by atoms with Crippen molar-refractivity contribution in [3.05, 3.63) is 89.4 Å². The third-order valence-electron chi connectivity index (χ3n) is 4.45. The van der Waals surface area contributed by atoms with E-state index in [1.54, 1.807) is 24.3 Å². The zero-order valence-corrected chi connectivity index (χ0v) is 18.6. The van der Waals surface area contributed by atoms with Crippen molar-refractivity contribution in [2.75, 3.05) is 24.0 Å². The zero-order valence-electron chi connectivity index (χ0n) is 17.0. The van der Waals surface area contributed by atoms with Gasteiger partial charge < -0.3 is 10.1 Å². The molecule has 0 unspecified atom stereocenters. The van der Waals surface area contributed by atoms with E-state index < -0.39 is 15.9 Å². The normalized spacial score (nSPS) is 11.0. The number of nitrogens with one attached hydrogen (secondary N) is 1. The Hall–Kier alpha value is -3.03. The van der Waals surface area contributed by atoms with Crippen molar-refractivity contribution < 1.29 is 17.9 Å². The summed E-state index contributed by atoms with van der Waals surface area (Å²) in [5.74, 6) is 0.262. The van der Waals surface area contributed by atoms with Gasteiger partial charge in [-0.25, -0.2) is 8.42 Å². The van der Waals surface area contributed by atoms with Crippen molar-refractivity contribution in [2.45, 2.75) is 11.8 Å². The summed E-state index contributed by atoms with van der Waals surface area (Å²) >= 11 is 5.89. The van der Waals surface area contributed by atoms with Crippen molar-refractivity contribution >= 4 is 33.2 Å². The van der Waals surface area contributed by atoms with E-state index in [1.165, 1.54) is 24.3 Å². The third kappa shape index (κ3) is 6.23. The number of anilines is 1. The molecule has 6 nitrogen and oxygen atoms in total. The van der Waals surface area contributed by atoms with E-state index in [0.717, 1.165) is 9.87 Å². The van der Waals surface area contributed by atoms with Gasteiger partial charge in [0.1, 0.15) is 18.9 Å². The summed E-state index contributed by atoms with van der Waals surface area (Å²) in [5, 5.41) is 3.13. The molecule has 0 aliphatic carbocycles. The molecule has 1 N–H and O–H groups in total. The van der Waals surface area contributed by atoms with Crippen LogP contribution in [0.2, 0.25) is 5.02 Å². The Morgan fingerprint density at radius 2 is 1.61 bits per heavy atom. The number of hydrogen-bond acceptors (Lipinski definition) is 4. The van der Waals surface area contributed by atoms with Gasteiger partial charge in [0.25, 0.3) is 10.0 Å². The number of carbonyl (C=O) groups is 1. The van der Waals surface area contributed by atoms with Gasteiger partial charge in [-0.15, -0.1) is 0 Å². The highest BCUT2D eigenvalue weighted by Crippen LogP contribution is 2.25. The van der Waals surface area contributed by atoms with Gasteiger partial charge in [-0.2, -0.15) is 0 Å². The molecule has 8 heteroatoms. The minimum absolute atomic E-state index is 0.0534. The van der Waals surface area contributed by atoms with Gasteiger partial charge in [-0.3, -0.25) is 9.10 Å². The monoisotopic (exact) mass is 458 g/mol. The zero-order chi connectivity index (χ0) is 22.3. The second kappa shape index (κ2) is 10.3. The predicted octanol–water partition coefficient (Wildman–Crippen LogP) is 4.04. The maximum absolute atomic E-state index is 13.3. The lowest BCUT2D eigenvalue weighted by Gasteiger charge is -2.24. The van der Waals surface area contributed by atoms with Crippen LogP contribution in [0.1, 0.15) is 5.56 Å². The first-order chi connectivity index (χ1) is 14.9. The lowest BCUT2D eigenvalue weighted by atomic mass is 10.2. The topological polar surface area (TPSA) is 75.7 Å². The van der Waals surface area contributed by atoms with Crippen LogP contribution in [-0.2, 0) is 14.8 Å². The van der Waals surface area contributed by atoms with Gasteiger partial charge in [0.05, 0.1) is 17.1 Å². The summed E-state index contributed by atoms with van der Waals surface area (Å²) in [6, 6.07) is 22.0. The molecule has 0 saturated carbocycles. The Labute approximate surface area is 187 Å². The predicted molar refractivity (Wildman–Crippen MR) is 122 cm³/mol. The SMILES string of the molecule is Cc1ccc(N(CC(=O)NCCOc2ccccc2)S(=O)(=O)c2ccc(Cl)cc2)cc1. The van der Waals surface area contributed by atoms with Crippen molar-refractivity contribution in [1.29, 1.82) is 0 Å². The molecule has 0 aromatic heterocycles. The van der Waals surface area contributed by atoms with Gasteiger partial charge in [0.2, 0.25) is 5.91 Å². The van der Waals surface area contributed by atoms with E-state index in [1.807, 2.05) is 37.3 Å². The lowest BCUT2D eigenvalue weighted by molar-refractivity contribution is -0.119. The Balaban J connectivity index is 1.71. The summed E-state index contributed by atoms with van der Waals surface area (Å²) in [6.07, 6.45) is 0. The summed E-state index contributed by atoms with van der Waals surface area (Å²) in [4.78, 5) is 12.6. The van der Waals surface area contributed by atoms with E-state index >= 15 is 0 Å². The van der Waals surface area contributed by atoms with Gasteiger partial charge >= 0.3 is 0 Å². The second-order valence-electron chi connectivity index (χ2n) is 6.81. The number of ether oxygens (including phenoxy) is 1. The van der Waals surface area contributed by atoms with Crippen LogP contribution >= 0.6 is 11.6 Å². The summed E-state index contributed by atoms with van der Waals surface area (Å²) in [5.41, 5.74) is 1.38.